The fourth-order valence-corrected chi connectivity index (χ4v) is 3.68. The van der Waals surface area contributed by atoms with Gasteiger partial charge in [0.15, 0.2) is 11.5 Å². The van der Waals surface area contributed by atoms with E-state index in [0.717, 1.165) is 25.3 Å². The van der Waals surface area contributed by atoms with Crippen molar-refractivity contribution < 1.29 is 18.3 Å². The number of aromatic nitrogens is 3. The monoisotopic (exact) mass is 441 g/mol. The Morgan fingerprint density at radius 3 is 2.38 bits per heavy atom. The van der Waals surface area contributed by atoms with Crippen molar-refractivity contribution in [1.29, 1.82) is 0 Å². The third kappa shape index (κ3) is 4.94. The molecule has 0 N–H and O–H groups in total. The fourth-order valence-electron chi connectivity index (χ4n) is 3.68. The zero-order valence-electron chi connectivity index (χ0n) is 18.0. The van der Waals surface area contributed by atoms with Crippen molar-refractivity contribution in [1.82, 2.24) is 19.9 Å². The molecule has 2 aromatic heterocycles. The molecule has 0 radical (unpaired) electrons. The Morgan fingerprint density at radius 1 is 0.938 bits per heavy atom. The number of hydrogen-bond donors (Lipinski definition) is 0. The molecule has 0 amide bonds. The largest absolute Gasteiger partial charge is 0.493 e. The molecule has 0 spiro atoms. The maximum Gasteiger partial charge on any atom is 0.280 e. The highest BCUT2D eigenvalue weighted by Crippen LogP contribution is 2.33. The summed E-state index contributed by atoms with van der Waals surface area (Å²) in [6, 6.07) is 12.4. The predicted molar refractivity (Wildman–Crippen MR) is 117 cm³/mol. The van der Waals surface area contributed by atoms with Crippen LogP contribution in [0.3, 0.4) is 0 Å². The Labute approximate surface area is 185 Å². The van der Waals surface area contributed by atoms with Crippen molar-refractivity contribution in [3.63, 3.8) is 0 Å². The molecular weight excluding hydrogens is 416 g/mol. The first-order valence-corrected chi connectivity index (χ1v) is 10.3. The van der Waals surface area contributed by atoms with E-state index >= 15 is 0 Å². The van der Waals surface area contributed by atoms with Gasteiger partial charge in [-0.25, -0.2) is 18.7 Å². The zero-order valence-corrected chi connectivity index (χ0v) is 18.0. The summed E-state index contributed by atoms with van der Waals surface area (Å²) in [6.45, 7) is 3.58. The van der Waals surface area contributed by atoms with Gasteiger partial charge in [0.1, 0.15) is 5.69 Å². The second-order valence-electron chi connectivity index (χ2n) is 7.43. The van der Waals surface area contributed by atoms with Crippen LogP contribution in [0, 0.1) is 0 Å². The number of halogens is 2. The first-order valence-electron chi connectivity index (χ1n) is 10.3. The Hall–Kier alpha value is -3.33. The number of anilines is 1. The van der Waals surface area contributed by atoms with Gasteiger partial charge >= 0.3 is 0 Å². The highest BCUT2D eigenvalue weighted by Gasteiger charge is 2.22. The predicted octanol–water partition coefficient (Wildman–Crippen LogP) is 3.82. The topological polar surface area (TPSA) is 63.6 Å². The van der Waals surface area contributed by atoms with E-state index < -0.39 is 6.43 Å². The van der Waals surface area contributed by atoms with E-state index in [-0.39, 0.29) is 5.69 Å². The van der Waals surface area contributed by atoms with Gasteiger partial charge in [0.05, 0.1) is 25.6 Å². The van der Waals surface area contributed by atoms with Crippen LogP contribution in [0.4, 0.5) is 14.7 Å². The minimum Gasteiger partial charge on any atom is -0.493 e. The van der Waals surface area contributed by atoms with E-state index in [2.05, 4.69) is 19.9 Å². The maximum absolute atomic E-state index is 13.6. The SMILES string of the molecule is COc1ccc(-c2cc(C(F)F)nc(N3CCN(Cc4ccccn4)CC3)n2)cc1OC. The van der Waals surface area contributed by atoms with Crippen LogP contribution in [0.2, 0.25) is 0 Å². The van der Waals surface area contributed by atoms with Gasteiger partial charge in [-0.3, -0.25) is 9.88 Å². The smallest absolute Gasteiger partial charge is 0.280 e. The van der Waals surface area contributed by atoms with Crippen molar-refractivity contribution in [2.45, 2.75) is 13.0 Å². The number of ether oxygens (including phenoxy) is 2. The van der Waals surface area contributed by atoms with Crippen LogP contribution in [0.1, 0.15) is 17.8 Å². The van der Waals surface area contributed by atoms with Crippen LogP contribution in [0.25, 0.3) is 11.3 Å². The molecule has 1 saturated heterocycles. The highest BCUT2D eigenvalue weighted by molar-refractivity contribution is 5.65. The van der Waals surface area contributed by atoms with Crippen molar-refractivity contribution in [2.24, 2.45) is 0 Å². The van der Waals surface area contributed by atoms with Gasteiger partial charge in [-0.1, -0.05) is 6.07 Å². The Balaban J connectivity index is 1.55. The maximum atomic E-state index is 13.6. The molecule has 1 aromatic carbocycles. The van der Waals surface area contributed by atoms with Crippen LogP contribution in [-0.4, -0.2) is 60.3 Å². The second kappa shape index (κ2) is 9.86. The van der Waals surface area contributed by atoms with Gasteiger partial charge in [0.2, 0.25) is 5.95 Å². The lowest BCUT2D eigenvalue weighted by atomic mass is 10.1. The van der Waals surface area contributed by atoms with Crippen LogP contribution < -0.4 is 14.4 Å². The summed E-state index contributed by atoms with van der Waals surface area (Å²) in [6.07, 6.45) is -0.911. The summed E-state index contributed by atoms with van der Waals surface area (Å²) in [4.78, 5) is 17.4. The molecule has 0 saturated carbocycles. The molecule has 4 rings (SSSR count). The number of rotatable bonds is 7. The lowest BCUT2D eigenvalue weighted by Crippen LogP contribution is -2.46. The summed E-state index contributed by atoms with van der Waals surface area (Å²) < 4.78 is 37.8. The van der Waals surface area contributed by atoms with E-state index in [0.29, 0.717) is 41.8 Å². The van der Waals surface area contributed by atoms with Crippen molar-refractivity contribution in [2.75, 3.05) is 45.3 Å². The van der Waals surface area contributed by atoms with Gasteiger partial charge in [-0.15, -0.1) is 0 Å². The molecule has 32 heavy (non-hydrogen) atoms. The third-order valence-electron chi connectivity index (χ3n) is 5.40. The normalized spacial score (nSPS) is 14.6. The van der Waals surface area contributed by atoms with Crippen LogP contribution in [-0.2, 0) is 6.54 Å². The van der Waals surface area contributed by atoms with Gasteiger partial charge in [-0.2, -0.15) is 0 Å². The molecular formula is C23H25F2N5O2. The summed E-state index contributed by atoms with van der Waals surface area (Å²) in [5.41, 5.74) is 1.78. The summed E-state index contributed by atoms with van der Waals surface area (Å²) in [7, 11) is 3.07. The van der Waals surface area contributed by atoms with E-state index in [1.165, 1.54) is 13.2 Å². The first-order chi connectivity index (χ1) is 15.6. The molecule has 1 aliphatic heterocycles. The quantitative estimate of drug-likeness (QED) is 0.552. The molecule has 9 heteroatoms. The second-order valence-corrected chi connectivity index (χ2v) is 7.43. The van der Waals surface area contributed by atoms with E-state index in [1.54, 1.807) is 31.5 Å². The molecule has 0 bridgehead atoms. The van der Waals surface area contributed by atoms with Gasteiger partial charge < -0.3 is 14.4 Å². The van der Waals surface area contributed by atoms with E-state index in [1.807, 2.05) is 23.1 Å². The number of piperazine rings is 1. The Bertz CT molecular complexity index is 1040. The molecule has 7 nitrogen and oxygen atoms in total. The number of alkyl halides is 2. The van der Waals surface area contributed by atoms with Crippen LogP contribution in [0.5, 0.6) is 11.5 Å². The molecule has 1 aliphatic rings. The Kier molecular flexibility index (Phi) is 6.75. The summed E-state index contributed by atoms with van der Waals surface area (Å²) in [5.74, 6) is 1.38. The molecule has 3 aromatic rings. The Morgan fingerprint density at radius 2 is 1.72 bits per heavy atom. The average Bonchev–Trinajstić information content (AvgIpc) is 2.84. The fraction of sp³-hybridized carbons (Fsp3) is 0.348. The van der Waals surface area contributed by atoms with Gasteiger partial charge in [-0.05, 0) is 36.4 Å². The van der Waals surface area contributed by atoms with Crippen molar-refractivity contribution in [3.05, 3.63) is 60.0 Å². The molecule has 168 valence electrons. The summed E-state index contributed by atoms with van der Waals surface area (Å²) >= 11 is 0. The van der Waals surface area contributed by atoms with Gasteiger partial charge in [0.25, 0.3) is 6.43 Å². The molecule has 3 heterocycles. The van der Waals surface area contributed by atoms with Crippen molar-refractivity contribution >= 4 is 5.95 Å². The average molecular weight is 441 g/mol. The zero-order chi connectivity index (χ0) is 22.5. The van der Waals surface area contributed by atoms with Crippen LogP contribution in [0.15, 0.2) is 48.7 Å². The van der Waals surface area contributed by atoms with Crippen LogP contribution >= 0.6 is 0 Å². The first kappa shape index (κ1) is 21.9. The molecule has 1 fully saturated rings. The van der Waals surface area contributed by atoms with E-state index in [4.69, 9.17) is 9.47 Å². The number of methoxy groups -OCH3 is 2. The lowest BCUT2D eigenvalue weighted by molar-refractivity contribution is 0.146. The molecule has 0 unspecified atom stereocenters. The number of pyridine rings is 1. The third-order valence-corrected chi connectivity index (χ3v) is 5.40. The number of hydrogen-bond acceptors (Lipinski definition) is 7. The number of nitrogens with zero attached hydrogens (tertiary/aromatic N) is 5. The van der Waals surface area contributed by atoms with Gasteiger partial charge in [0, 0.05) is 44.5 Å². The minimum atomic E-state index is -2.69. The minimum absolute atomic E-state index is 0.296. The number of benzene rings is 1. The van der Waals surface area contributed by atoms with E-state index in [9.17, 15) is 8.78 Å². The molecule has 0 atom stereocenters. The lowest BCUT2D eigenvalue weighted by Gasteiger charge is -2.34. The summed E-state index contributed by atoms with van der Waals surface area (Å²) in [5, 5.41) is 0. The van der Waals surface area contributed by atoms with Crippen molar-refractivity contribution in [3.8, 4) is 22.8 Å². The standard InChI is InChI=1S/C23H25F2N5O2/c1-31-20-7-6-16(13-21(20)32-2)18-14-19(22(24)25)28-23(27-18)30-11-9-29(10-12-30)15-17-5-3-4-8-26-17/h3-8,13-14,22H,9-12,15H2,1-2H3. The highest BCUT2D eigenvalue weighted by atomic mass is 19.3. The molecule has 0 aliphatic carbocycles.